The number of anilines is 2. The molecule has 7 N–H and O–H groups in total. The van der Waals surface area contributed by atoms with Crippen LogP contribution in [0.2, 0.25) is 0 Å². The standard InChI is InChI=1S/C27H26N4O4/c1-3-15-5-9-20(22(32)11-15)31-21-10-16(4-7-19(21)26(29)34)12-23(33)24-17(13-28)6-8-18-14(2)30-27(35)25(18)24/h4-11,31-32H,2-3,12-13,28H2,1H3,(H2,29,34)(H,30,35). The van der Waals surface area contributed by atoms with Crippen LogP contribution in [0.3, 0.4) is 0 Å². The molecule has 0 fully saturated rings. The van der Waals surface area contributed by atoms with Gasteiger partial charge in [-0.1, -0.05) is 37.8 Å². The van der Waals surface area contributed by atoms with Gasteiger partial charge in [-0.2, -0.15) is 0 Å². The second-order valence-corrected chi connectivity index (χ2v) is 8.33. The average Bonchev–Trinajstić information content (AvgIpc) is 3.12. The van der Waals surface area contributed by atoms with Gasteiger partial charge in [-0.15, -0.1) is 0 Å². The van der Waals surface area contributed by atoms with E-state index in [1.165, 1.54) is 6.07 Å². The lowest BCUT2D eigenvalue weighted by Crippen LogP contribution is -2.19. The number of ketones is 1. The largest absolute Gasteiger partial charge is 0.506 e. The summed E-state index contributed by atoms with van der Waals surface area (Å²) in [6.45, 7) is 5.90. The van der Waals surface area contributed by atoms with Crippen molar-refractivity contribution in [2.24, 2.45) is 11.5 Å². The number of phenolic OH excluding ortho intramolecular Hbond substituents is 1. The molecule has 4 rings (SSSR count). The minimum Gasteiger partial charge on any atom is -0.506 e. The van der Waals surface area contributed by atoms with Crippen LogP contribution in [0.5, 0.6) is 5.75 Å². The molecule has 3 aromatic rings. The number of aromatic hydroxyl groups is 1. The first-order valence-corrected chi connectivity index (χ1v) is 11.1. The summed E-state index contributed by atoms with van der Waals surface area (Å²) >= 11 is 0. The van der Waals surface area contributed by atoms with Gasteiger partial charge in [-0.05, 0) is 47.4 Å². The van der Waals surface area contributed by atoms with Gasteiger partial charge in [-0.3, -0.25) is 14.4 Å². The molecule has 1 aliphatic heterocycles. The lowest BCUT2D eigenvalue weighted by atomic mass is 9.90. The highest BCUT2D eigenvalue weighted by molar-refractivity contribution is 6.17. The van der Waals surface area contributed by atoms with Crippen LogP contribution in [0.4, 0.5) is 11.4 Å². The van der Waals surface area contributed by atoms with Gasteiger partial charge < -0.3 is 27.2 Å². The summed E-state index contributed by atoms with van der Waals surface area (Å²) in [7, 11) is 0. The van der Waals surface area contributed by atoms with E-state index in [1.807, 2.05) is 13.0 Å². The lowest BCUT2D eigenvalue weighted by molar-refractivity contribution is 0.0953. The number of nitrogens with one attached hydrogen (secondary N) is 2. The van der Waals surface area contributed by atoms with Gasteiger partial charge in [0.1, 0.15) is 5.75 Å². The van der Waals surface area contributed by atoms with Crippen LogP contribution < -0.4 is 22.1 Å². The molecule has 0 aromatic heterocycles. The van der Waals surface area contributed by atoms with Crippen molar-refractivity contribution in [3.05, 3.63) is 94.1 Å². The van der Waals surface area contributed by atoms with Crippen molar-refractivity contribution in [2.45, 2.75) is 26.3 Å². The molecule has 0 aliphatic carbocycles. The molecule has 0 atom stereocenters. The summed E-state index contributed by atoms with van der Waals surface area (Å²) in [5, 5.41) is 16.1. The van der Waals surface area contributed by atoms with E-state index in [9.17, 15) is 19.5 Å². The van der Waals surface area contributed by atoms with Crippen molar-refractivity contribution in [1.29, 1.82) is 0 Å². The third-order valence-corrected chi connectivity index (χ3v) is 6.06. The van der Waals surface area contributed by atoms with Crippen LogP contribution in [-0.2, 0) is 19.4 Å². The Morgan fingerprint density at radius 2 is 1.80 bits per heavy atom. The van der Waals surface area contributed by atoms with E-state index >= 15 is 0 Å². The molecule has 0 saturated heterocycles. The Morgan fingerprint density at radius 1 is 1.06 bits per heavy atom. The molecule has 0 radical (unpaired) electrons. The van der Waals surface area contributed by atoms with Crippen molar-refractivity contribution in [3.8, 4) is 5.75 Å². The maximum atomic E-state index is 13.4. The molecule has 1 aliphatic rings. The first kappa shape index (κ1) is 23.7. The van der Waals surface area contributed by atoms with E-state index in [1.54, 1.807) is 36.4 Å². The fourth-order valence-electron chi connectivity index (χ4n) is 4.23. The van der Waals surface area contributed by atoms with Gasteiger partial charge in [0.05, 0.1) is 22.5 Å². The monoisotopic (exact) mass is 470 g/mol. The topological polar surface area (TPSA) is 148 Å². The van der Waals surface area contributed by atoms with E-state index in [2.05, 4.69) is 17.2 Å². The highest BCUT2D eigenvalue weighted by atomic mass is 16.3. The Bertz CT molecular complexity index is 1390. The molecule has 1 heterocycles. The van der Waals surface area contributed by atoms with E-state index in [0.717, 1.165) is 12.0 Å². The quantitative estimate of drug-likeness (QED) is 0.252. The zero-order valence-electron chi connectivity index (χ0n) is 19.3. The summed E-state index contributed by atoms with van der Waals surface area (Å²) in [5.74, 6) is -1.31. The number of hydrogen-bond acceptors (Lipinski definition) is 6. The molecule has 35 heavy (non-hydrogen) atoms. The molecule has 0 bridgehead atoms. The summed E-state index contributed by atoms with van der Waals surface area (Å²) < 4.78 is 0. The van der Waals surface area contributed by atoms with Crippen LogP contribution in [0.25, 0.3) is 5.70 Å². The number of carbonyl (C=O) groups excluding carboxylic acids is 3. The zero-order chi connectivity index (χ0) is 25.3. The Kier molecular flexibility index (Phi) is 6.40. The lowest BCUT2D eigenvalue weighted by Gasteiger charge is -2.15. The maximum Gasteiger partial charge on any atom is 0.257 e. The van der Waals surface area contributed by atoms with Gasteiger partial charge >= 0.3 is 0 Å². The van der Waals surface area contributed by atoms with Crippen LogP contribution in [-0.4, -0.2) is 22.7 Å². The molecule has 2 amide bonds. The van der Waals surface area contributed by atoms with Crippen LogP contribution in [0, 0.1) is 0 Å². The van der Waals surface area contributed by atoms with Crippen molar-refractivity contribution in [1.82, 2.24) is 5.32 Å². The number of phenols is 1. The van der Waals surface area contributed by atoms with Crippen LogP contribution in [0.1, 0.15) is 60.3 Å². The summed E-state index contributed by atoms with van der Waals surface area (Å²) in [6.07, 6.45) is 0.717. The Labute approximate surface area is 202 Å². The smallest absolute Gasteiger partial charge is 0.257 e. The zero-order valence-corrected chi connectivity index (χ0v) is 19.3. The third-order valence-electron chi connectivity index (χ3n) is 6.06. The number of amides is 2. The average molecular weight is 471 g/mol. The molecule has 178 valence electrons. The second-order valence-electron chi connectivity index (χ2n) is 8.33. The van der Waals surface area contributed by atoms with Gasteiger partial charge in [0.15, 0.2) is 5.78 Å². The Balaban J connectivity index is 1.70. The highest BCUT2D eigenvalue weighted by Gasteiger charge is 2.30. The molecule has 0 spiro atoms. The van der Waals surface area contributed by atoms with Gasteiger partial charge in [-0.25, -0.2) is 0 Å². The summed E-state index contributed by atoms with van der Waals surface area (Å²) in [6, 6.07) is 13.5. The number of Topliss-reactive ketones (excluding diaryl/α,β-unsaturated/α-hetero) is 1. The minimum atomic E-state index is -0.656. The van der Waals surface area contributed by atoms with Gasteiger partial charge in [0.25, 0.3) is 11.8 Å². The Hall–Kier alpha value is -4.43. The number of nitrogens with two attached hydrogens (primary N) is 2. The summed E-state index contributed by atoms with van der Waals surface area (Å²) in [4.78, 5) is 37.9. The summed E-state index contributed by atoms with van der Waals surface area (Å²) in [5.41, 5.74) is 16.0. The van der Waals surface area contributed by atoms with Crippen molar-refractivity contribution < 1.29 is 19.5 Å². The minimum absolute atomic E-state index is 0.0277. The fraction of sp³-hybridized carbons (Fsp3) is 0.148. The Morgan fingerprint density at radius 3 is 2.46 bits per heavy atom. The first-order valence-electron chi connectivity index (χ1n) is 11.1. The number of carbonyl (C=O) groups is 3. The molecule has 3 aromatic carbocycles. The van der Waals surface area contributed by atoms with Crippen LogP contribution in [0.15, 0.2) is 55.1 Å². The molecule has 8 nitrogen and oxygen atoms in total. The van der Waals surface area contributed by atoms with E-state index < -0.39 is 5.91 Å². The van der Waals surface area contributed by atoms with Crippen molar-refractivity contribution in [3.63, 3.8) is 0 Å². The van der Waals surface area contributed by atoms with E-state index in [4.69, 9.17) is 11.5 Å². The molecule has 0 saturated carbocycles. The molecule has 0 unspecified atom stereocenters. The van der Waals surface area contributed by atoms with Crippen molar-refractivity contribution in [2.75, 3.05) is 5.32 Å². The number of aryl methyl sites for hydroxylation is 1. The molecular formula is C27H26N4O4. The first-order chi connectivity index (χ1) is 16.7. The number of primary amides is 1. The number of hydrogen-bond donors (Lipinski definition) is 5. The molecule has 8 heteroatoms. The number of fused-ring (bicyclic) bond motifs is 1. The third kappa shape index (κ3) is 4.51. The number of rotatable bonds is 8. The highest BCUT2D eigenvalue weighted by Crippen LogP contribution is 2.32. The SMILES string of the molecule is C=C1NC(=O)c2c1ccc(CN)c2C(=O)Cc1ccc(C(N)=O)c(Nc2ccc(CC)cc2O)c1. The van der Waals surface area contributed by atoms with Gasteiger partial charge in [0.2, 0.25) is 0 Å². The fourth-order valence-corrected chi connectivity index (χ4v) is 4.23. The maximum absolute atomic E-state index is 13.4. The predicted octanol–water partition coefficient (Wildman–Crippen LogP) is 3.40. The molecular weight excluding hydrogens is 444 g/mol. The van der Waals surface area contributed by atoms with E-state index in [-0.39, 0.29) is 47.1 Å². The van der Waals surface area contributed by atoms with Crippen molar-refractivity contribution >= 4 is 34.7 Å². The van der Waals surface area contributed by atoms with Gasteiger partial charge in [0, 0.05) is 29.8 Å². The van der Waals surface area contributed by atoms with Crippen LogP contribution >= 0.6 is 0 Å². The van der Waals surface area contributed by atoms with E-state index in [0.29, 0.717) is 33.8 Å². The second kappa shape index (κ2) is 9.44. The number of benzene rings is 3. The normalized spacial score (nSPS) is 12.3. The predicted molar refractivity (Wildman–Crippen MR) is 135 cm³/mol.